The van der Waals surface area contributed by atoms with Crippen LogP contribution in [0.1, 0.15) is 23.0 Å². The number of ether oxygens (including phenoxy) is 2. The third-order valence-corrected chi connectivity index (χ3v) is 5.27. The van der Waals surface area contributed by atoms with Gasteiger partial charge < -0.3 is 14.8 Å². The highest BCUT2D eigenvalue weighted by atomic mass is 32.1. The predicted octanol–water partition coefficient (Wildman–Crippen LogP) is 4.45. The zero-order valence-electron chi connectivity index (χ0n) is 16.3. The van der Waals surface area contributed by atoms with Gasteiger partial charge in [0.15, 0.2) is 0 Å². The number of thiazole rings is 1. The van der Waals surface area contributed by atoms with E-state index in [4.69, 9.17) is 14.5 Å². The lowest BCUT2D eigenvalue weighted by Crippen LogP contribution is -2.15. The Kier molecular flexibility index (Phi) is 5.18. The molecule has 2 aromatic carbocycles. The number of methoxy groups -OCH3 is 1. The number of benzene rings is 2. The van der Waals surface area contributed by atoms with Crippen molar-refractivity contribution in [2.24, 2.45) is 0 Å². The molecule has 4 aromatic rings. The van der Waals surface area contributed by atoms with Gasteiger partial charge in [-0.25, -0.2) is 4.98 Å². The summed E-state index contributed by atoms with van der Waals surface area (Å²) in [6, 6.07) is 14.6. The number of amides is 1. The molecule has 1 N–H and O–H groups in total. The van der Waals surface area contributed by atoms with Gasteiger partial charge in [0.1, 0.15) is 22.8 Å². The minimum atomic E-state index is -0.232. The van der Waals surface area contributed by atoms with Gasteiger partial charge in [0, 0.05) is 11.6 Å². The first-order chi connectivity index (χ1) is 14.1. The topological polar surface area (TPSA) is 78.3 Å². The van der Waals surface area contributed by atoms with Gasteiger partial charge in [-0.2, -0.15) is 9.78 Å². The van der Waals surface area contributed by atoms with Crippen LogP contribution < -0.4 is 14.8 Å². The van der Waals surface area contributed by atoms with Gasteiger partial charge in [-0.3, -0.25) is 4.79 Å². The van der Waals surface area contributed by atoms with E-state index >= 15 is 0 Å². The molecular weight excluding hydrogens is 388 g/mol. The van der Waals surface area contributed by atoms with Crippen molar-refractivity contribution in [2.75, 3.05) is 19.0 Å². The molecule has 2 heterocycles. The highest BCUT2D eigenvalue weighted by Gasteiger charge is 2.17. The molecule has 0 saturated heterocycles. The van der Waals surface area contributed by atoms with Gasteiger partial charge in [0.05, 0.1) is 24.1 Å². The van der Waals surface area contributed by atoms with E-state index in [9.17, 15) is 4.79 Å². The molecule has 2 aromatic heterocycles. The molecule has 0 radical (unpaired) electrons. The smallest absolute Gasteiger partial charge is 0.256 e. The summed E-state index contributed by atoms with van der Waals surface area (Å²) in [5, 5.41) is 8.10. The number of aromatic nitrogens is 3. The van der Waals surface area contributed by atoms with Crippen molar-refractivity contribution in [2.45, 2.75) is 13.8 Å². The lowest BCUT2D eigenvalue weighted by atomic mass is 10.2. The zero-order chi connectivity index (χ0) is 20.4. The normalized spacial score (nSPS) is 10.9. The molecule has 148 valence electrons. The fraction of sp³-hybridized carbons (Fsp3) is 0.190. The standard InChI is InChI=1S/C21H20N4O3S/c1-4-28-16-6-5-7-17-19(16)23-21(29-17)25-18(12-13(2)24-25)22-20(26)14-8-10-15(27-3)11-9-14/h5-12H,4H2,1-3H3,(H,22,26). The van der Waals surface area contributed by atoms with E-state index < -0.39 is 0 Å². The Labute approximate surface area is 171 Å². The number of hydrogen-bond donors (Lipinski definition) is 1. The maximum absolute atomic E-state index is 12.7. The van der Waals surface area contributed by atoms with E-state index in [0.717, 1.165) is 21.7 Å². The lowest BCUT2D eigenvalue weighted by Gasteiger charge is -2.07. The Morgan fingerprint density at radius 2 is 2.00 bits per heavy atom. The van der Waals surface area contributed by atoms with E-state index in [1.54, 1.807) is 36.1 Å². The predicted molar refractivity (Wildman–Crippen MR) is 114 cm³/mol. The maximum Gasteiger partial charge on any atom is 0.256 e. The monoisotopic (exact) mass is 408 g/mol. The van der Waals surface area contributed by atoms with Crippen molar-refractivity contribution in [1.82, 2.24) is 14.8 Å². The van der Waals surface area contributed by atoms with Crippen LogP contribution in [0.25, 0.3) is 15.3 Å². The van der Waals surface area contributed by atoms with Crippen LogP contribution in [0.15, 0.2) is 48.5 Å². The molecule has 0 spiro atoms. The van der Waals surface area contributed by atoms with Gasteiger partial charge >= 0.3 is 0 Å². The molecule has 0 aliphatic carbocycles. The van der Waals surface area contributed by atoms with Crippen LogP contribution in [0.2, 0.25) is 0 Å². The summed E-state index contributed by atoms with van der Waals surface area (Å²) >= 11 is 1.49. The van der Waals surface area contributed by atoms with Crippen molar-refractivity contribution in [3.05, 3.63) is 59.8 Å². The Balaban J connectivity index is 1.67. The number of fused-ring (bicyclic) bond motifs is 1. The zero-order valence-corrected chi connectivity index (χ0v) is 17.1. The SMILES string of the molecule is CCOc1cccc2sc(-n3nc(C)cc3NC(=O)c3ccc(OC)cc3)nc12. The molecule has 0 saturated carbocycles. The highest BCUT2D eigenvalue weighted by Crippen LogP contribution is 2.32. The summed E-state index contributed by atoms with van der Waals surface area (Å²) in [5.41, 5.74) is 2.09. The van der Waals surface area contributed by atoms with Crippen molar-refractivity contribution in [3.63, 3.8) is 0 Å². The van der Waals surface area contributed by atoms with Crippen LogP contribution >= 0.6 is 11.3 Å². The fourth-order valence-corrected chi connectivity index (χ4v) is 3.89. The summed E-state index contributed by atoms with van der Waals surface area (Å²) in [6.07, 6.45) is 0. The van der Waals surface area contributed by atoms with E-state index in [0.29, 0.717) is 28.9 Å². The molecule has 8 heteroatoms. The largest absolute Gasteiger partial charge is 0.497 e. The quantitative estimate of drug-likeness (QED) is 0.510. The number of carbonyl (C=O) groups excluding carboxylic acids is 1. The van der Waals surface area contributed by atoms with Crippen molar-refractivity contribution in [3.8, 4) is 16.6 Å². The van der Waals surface area contributed by atoms with Crippen molar-refractivity contribution >= 4 is 33.3 Å². The average molecular weight is 408 g/mol. The molecule has 1 amide bonds. The second-order valence-corrected chi connectivity index (χ2v) is 7.31. The first kappa shape index (κ1) is 18.9. The fourth-order valence-electron chi connectivity index (χ4n) is 2.94. The number of nitrogens with one attached hydrogen (secondary N) is 1. The van der Waals surface area contributed by atoms with E-state index in [1.807, 2.05) is 38.1 Å². The number of aryl methyl sites for hydroxylation is 1. The molecule has 0 fully saturated rings. The summed E-state index contributed by atoms with van der Waals surface area (Å²) < 4.78 is 13.5. The first-order valence-electron chi connectivity index (χ1n) is 9.14. The number of para-hydroxylation sites is 1. The highest BCUT2D eigenvalue weighted by molar-refractivity contribution is 7.20. The van der Waals surface area contributed by atoms with Crippen LogP contribution in [-0.4, -0.2) is 34.4 Å². The molecule has 0 atom stereocenters. The van der Waals surface area contributed by atoms with Crippen LogP contribution in [-0.2, 0) is 0 Å². The van der Waals surface area contributed by atoms with Crippen LogP contribution in [0.4, 0.5) is 5.82 Å². The number of nitrogens with zero attached hydrogens (tertiary/aromatic N) is 3. The number of rotatable bonds is 6. The van der Waals surface area contributed by atoms with Gasteiger partial charge in [0.25, 0.3) is 5.91 Å². The van der Waals surface area contributed by atoms with Gasteiger partial charge in [0.2, 0.25) is 5.13 Å². The minimum Gasteiger partial charge on any atom is -0.497 e. The summed E-state index contributed by atoms with van der Waals surface area (Å²) in [5.74, 6) is 1.76. The first-order valence-corrected chi connectivity index (χ1v) is 9.95. The molecule has 4 rings (SSSR count). The number of hydrogen-bond acceptors (Lipinski definition) is 6. The van der Waals surface area contributed by atoms with Gasteiger partial charge in [-0.05, 0) is 50.2 Å². The van der Waals surface area contributed by atoms with E-state index in [1.165, 1.54) is 11.3 Å². The maximum atomic E-state index is 12.7. The van der Waals surface area contributed by atoms with Crippen LogP contribution in [0.5, 0.6) is 11.5 Å². The van der Waals surface area contributed by atoms with Crippen LogP contribution in [0, 0.1) is 6.92 Å². The number of carbonyl (C=O) groups is 1. The van der Waals surface area contributed by atoms with Gasteiger partial charge in [-0.15, -0.1) is 0 Å². The minimum absolute atomic E-state index is 0.232. The molecule has 0 unspecified atom stereocenters. The van der Waals surface area contributed by atoms with Crippen molar-refractivity contribution in [1.29, 1.82) is 0 Å². The molecule has 7 nitrogen and oxygen atoms in total. The summed E-state index contributed by atoms with van der Waals surface area (Å²) in [4.78, 5) is 17.4. The summed E-state index contributed by atoms with van der Waals surface area (Å²) in [7, 11) is 1.59. The van der Waals surface area contributed by atoms with E-state index in [-0.39, 0.29) is 5.91 Å². The molecule has 29 heavy (non-hydrogen) atoms. The second kappa shape index (κ2) is 7.92. The Morgan fingerprint density at radius 3 is 2.72 bits per heavy atom. The number of anilines is 1. The van der Waals surface area contributed by atoms with Crippen LogP contribution in [0.3, 0.4) is 0 Å². The summed E-state index contributed by atoms with van der Waals surface area (Å²) in [6.45, 7) is 4.38. The molecule has 0 aliphatic heterocycles. The third kappa shape index (κ3) is 3.79. The van der Waals surface area contributed by atoms with Gasteiger partial charge in [-0.1, -0.05) is 17.4 Å². The molecule has 0 bridgehead atoms. The molecular formula is C21H20N4O3S. The Hall–Kier alpha value is -3.39. The average Bonchev–Trinajstić information content (AvgIpc) is 3.32. The Bertz CT molecular complexity index is 1160. The second-order valence-electron chi connectivity index (χ2n) is 6.30. The van der Waals surface area contributed by atoms with E-state index in [2.05, 4.69) is 10.4 Å². The lowest BCUT2D eigenvalue weighted by molar-refractivity contribution is 0.102. The van der Waals surface area contributed by atoms with Crippen molar-refractivity contribution < 1.29 is 14.3 Å². The molecule has 0 aliphatic rings. The third-order valence-electron chi connectivity index (χ3n) is 4.28. The Morgan fingerprint density at radius 1 is 1.21 bits per heavy atom.